The maximum Gasteiger partial charge on any atom is 0.128 e. The molecule has 0 bridgehead atoms. The topological polar surface area (TPSA) is 24.4 Å². The number of hydrogen-bond acceptors (Lipinski definition) is 3. The van der Waals surface area contributed by atoms with Gasteiger partial charge >= 0.3 is 0 Å². The van der Waals surface area contributed by atoms with Gasteiger partial charge in [-0.1, -0.05) is 18.3 Å². The average molecular weight is 219 g/mol. The van der Waals surface area contributed by atoms with Crippen molar-refractivity contribution in [1.29, 1.82) is 0 Å². The van der Waals surface area contributed by atoms with E-state index in [9.17, 15) is 0 Å². The van der Waals surface area contributed by atoms with E-state index in [4.69, 9.17) is 0 Å². The summed E-state index contributed by atoms with van der Waals surface area (Å²) in [6, 6.07) is 0. The molecule has 0 aromatic carbocycles. The van der Waals surface area contributed by atoms with E-state index in [1.54, 1.807) is 18.8 Å². The number of rotatable bonds is 1. The zero-order valence-electron chi connectivity index (χ0n) is 5.52. The van der Waals surface area contributed by atoms with Gasteiger partial charge in [0.1, 0.15) is 5.04 Å². The minimum absolute atomic E-state index is 0.925. The molecule has 10 heavy (non-hydrogen) atoms. The number of nitrogens with one attached hydrogen (secondary N) is 1. The summed E-state index contributed by atoms with van der Waals surface area (Å²) in [7, 11) is 1.77. The molecule has 1 heterocycles. The Morgan fingerprint density at radius 2 is 2.50 bits per heavy atom. The van der Waals surface area contributed by atoms with Gasteiger partial charge in [-0.25, -0.2) is 0 Å². The van der Waals surface area contributed by atoms with Gasteiger partial charge in [0.05, 0.1) is 3.81 Å². The Labute approximate surface area is 72.6 Å². The summed E-state index contributed by atoms with van der Waals surface area (Å²) in [4.78, 5) is 0. The summed E-state index contributed by atoms with van der Waals surface area (Å²) in [5, 5.41) is 4.93. The van der Waals surface area contributed by atoms with Crippen molar-refractivity contribution in [1.82, 2.24) is 5.43 Å². The first kappa shape index (κ1) is 7.88. The maximum absolute atomic E-state index is 4.00. The molecule has 0 saturated heterocycles. The van der Waals surface area contributed by atoms with Crippen LogP contribution in [-0.4, -0.2) is 12.1 Å². The van der Waals surface area contributed by atoms with Crippen LogP contribution in [0.1, 0.15) is 0 Å². The Kier molecular flexibility index (Phi) is 2.56. The molecule has 0 saturated carbocycles. The molecule has 0 amide bonds. The fourth-order valence-corrected chi connectivity index (χ4v) is 2.03. The largest absolute Gasteiger partial charge is 0.312 e. The Bertz CT molecular complexity index is 220. The van der Waals surface area contributed by atoms with Crippen molar-refractivity contribution >= 4 is 32.7 Å². The van der Waals surface area contributed by atoms with Crippen LogP contribution in [0, 0.1) is 0 Å². The van der Waals surface area contributed by atoms with E-state index >= 15 is 0 Å². The molecule has 2 nitrogen and oxygen atoms in total. The van der Waals surface area contributed by atoms with Crippen molar-refractivity contribution in [2.24, 2.45) is 5.10 Å². The molecule has 0 aliphatic carbocycles. The molecule has 0 fully saturated rings. The third-order valence-electron chi connectivity index (χ3n) is 0.970. The Hall–Kier alpha value is -0.220. The minimum Gasteiger partial charge on any atom is -0.312 e. The maximum atomic E-state index is 4.00. The molecule has 0 aromatic rings. The zero-order chi connectivity index (χ0) is 7.56. The van der Waals surface area contributed by atoms with Gasteiger partial charge in [-0.3, -0.25) is 0 Å². The van der Waals surface area contributed by atoms with Gasteiger partial charge < -0.3 is 5.43 Å². The molecule has 54 valence electrons. The summed E-state index contributed by atoms with van der Waals surface area (Å²) >= 11 is 4.91. The van der Waals surface area contributed by atoms with Gasteiger partial charge in [0.25, 0.3) is 0 Å². The Morgan fingerprint density at radius 1 is 1.80 bits per heavy atom. The second kappa shape index (κ2) is 3.25. The van der Waals surface area contributed by atoms with Crippen molar-refractivity contribution in [3.8, 4) is 0 Å². The van der Waals surface area contributed by atoms with Gasteiger partial charge in [0.15, 0.2) is 0 Å². The SMILES string of the molecule is C=C1C=C(Br)S/C1=N/NC. The number of nitrogens with zero attached hydrogens (tertiary/aromatic N) is 1. The first-order valence-electron chi connectivity index (χ1n) is 2.73. The van der Waals surface area contributed by atoms with Gasteiger partial charge in [0, 0.05) is 12.6 Å². The lowest BCUT2D eigenvalue weighted by Crippen LogP contribution is -1.99. The summed E-state index contributed by atoms with van der Waals surface area (Å²) in [6.07, 6.45) is 1.95. The average Bonchev–Trinajstić information content (AvgIpc) is 2.13. The van der Waals surface area contributed by atoms with E-state index < -0.39 is 0 Å². The number of hydrazone groups is 1. The smallest absolute Gasteiger partial charge is 0.128 e. The lowest BCUT2D eigenvalue weighted by molar-refractivity contribution is 0.906. The summed E-state index contributed by atoms with van der Waals surface area (Å²) in [6.45, 7) is 3.81. The van der Waals surface area contributed by atoms with Gasteiger partial charge in [0.2, 0.25) is 0 Å². The summed E-state index contributed by atoms with van der Waals surface area (Å²) in [5.41, 5.74) is 3.66. The van der Waals surface area contributed by atoms with Crippen molar-refractivity contribution < 1.29 is 0 Å². The molecule has 1 rings (SSSR count). The fourth-order valence-electron chi connectivity index (χ4n) is 0.582. The third kappa shape index (κ3) is 1.64. The van der Waals surface area contributed by atoms with Crippen LogP contribution < -0.4 is 5.43 Å². The lowest BCUT2D eigenvalue weighted by Gasteiger charge is -1.94. The minimum atomic E-state index is 0.925. The number of thioether (sulfide) groups is 1. The van der Waals surface area contributed by atoms with Crippen molar-refractivity contribution in [3.63, 3.8) is 0 Å². The molecule has 0 radical (unpaired) electrons. The van der Waals surface area contributed by atoms with Crippen LogP contribution in [0.4, 0.5) is 0 Å². The van der Waals surface area contributed by atoms with Crippen LogP contribution >= 0.6 is 27.7 Å². The normalized spacial score (nSPS) is 21.6. The van der Waals surface area contributed by atoms with E-state index in [1.807, 2.05) is 6.08 Å². The van der Waals surface area contributed by atoms with E-state index in [0.29, 0.717) is 0 Å². The Balaban J connectivity index is 2.73. The van der Waals surface area contributed by atoms with Crippen molar-refractivity contribution in [3.05, 3.63) is 22.0 Å². The third-order valence-corrected chi connectivity index (χ3v) is 2.54. The van der Waals surface area contributed by atoms with Crippen LogP contribution in [0.15, 0.2) is 27.1 Å². The molecule has 4 heteroatoms. The quantitative estimate of drug-likeness (QED) is 0.682. The standard InChI is InChI=1S/C6H7BrN2S/c1-4-3-5(7)10-6(4)9-8-2/h3,8H,1H2,2H3/b9-6+. The van der Waals surface area contributed by atoms with Gasteiger partial charge in [-0.05, 0) is 22.0 Å². The van der Waals surface area contributed by atoms with Crippen LogP contribution in [0.25, 0.3) is 0 Å². The molecule has 1 N–H and O–H groups in total. The van der Waals surface area contributed by atoms with Crippen molar-refractivity contribution in [2.75, 3.05) is 7.05 Å². The molecule has 0 unspecified atom stereocenters. The number of halogens is 1. The van der Waals surface area contributed by atoms with E-state index in [1.165, 1.54) is 0 Å². The van der Waals surface area contributed by atoms with Crippen LogP contribution in [0.5, 0.6) is 0 Å². The Morgan fingerprint density at radius 3 is 2.90 bits per heavy atom. The number of allylic oxidation sites excluding steroid dienone is 1. The second-order valence-electron chi connectivity index (χ2n) is 1.72. The first-order chi connectivity index (χ1) is 4.74. The van der Waals surface area contributed by atoms with Crippen LogP contribution in [0.2, 0.25) is 0 Å². The molecule has 0 aromatic heterocycles. The lowest BCUT2D eigenvalue weighted by atomic mass is 10.3. The predicted octanol–water partition coefficient (Wildman–Crippen LogP) is 2.06. The van der Waals surface area contributed by atoms with Gasteiger partial charge in [-0.2, -0.15) is 5.10 Å². The predicted molar refractivity (Wildman–Crippen MR) is 50.2 cm³/mol. The highest BCUT2D eigenvalue weighted by molar-refractivity contribution is 9.14. The van der Waals surface area contributed by atoms with Crippen molar-refractivity contribution in [2.45, 2.75) is 0 Å². The van der Waals surface area contributed by atoms with Crippen LogP contribution in [0.3, 0.4) is 0 Å². The highest BCUT2D eigenvalue weighted by atomic mass is 79.9. The molecule has 1 aliphatic rings. The first-order valence-corrected chi connectivity index (χ1v) is 4.33. The summed E-state index contributed by atoms with van der Waals surface area (Å²) < 4.78 is 1.06. The number of hydrogen-bond donors (Lipinski definition) is 1. The molecule has 0 spiro atoms. The summed E-state index contributed by atoms with van der Waals surface area (Å²) in [5.74, 6) is 0. The highest BCUT2D eigenvalue weighted by Gasteiger charge is 2.13. The molecule has 1 aliphatic heterocycles. The molecular formula is C6H7BrN2S. The molecular weight excluding hydrogens is 212 g/mol. The van der Waals surface area contributed by atoms with Crippen LogP contribution in [-0.2, 0) is 0 Å². The van der Waals surface area contributed by atoms with Gasteiger partial charge in [-0.15, -0.1) is 0 Å². The fraction of sp³-hybridized carbons (Fsp3) is 0.167. The monoisotopic (exact) mass is 218 g/mol. The molecule has 0 atom stereocenters. The highest BCUT2D eigenvalue weighted by Crippen LogP contribution is 2.34. The second-order valence-corrected chi connectivity index (χ2v) is 4.13. The van der Waals surface area contributed by atoms with E-state index in [-0.39, 0.29) is 0 Å². The zero-order valence-corrected chi connectivity index (χ0v) is 7.92. The van der Waals surface area contributed by atoms with E-state index in [2.05, 4.69) is 33.0 Å². The van der Waals surface area contributed by atoms with E-state index in [0.717, 1.165) is 14.4 Å².